The summed E-state index contributed by atoms with van der Waals surface area (Å²) in [5.74, 6) is -0.262. The Morgan fingerprint density at radius 3 is 2.40 bits per heavy atom. The summed E-state index contributed by atoms with van der Waals surface area (Å²) >= 11 is 0. The van der Waals surface area contributed by atoms with E-state index in [2.05, 4.69) is 11.8 Å². The van der Waals surface area contributed by atoms with Crippen molar-refractivity contribution in [1.29, 1.82) is 0 Å². The quantitative estimate of drug-likeness (QED) is 0.603. The smallest absolute Gasteiger partial charge is 0.124 e. The van der Waals surface area contributed by atoms with Gasteiger partial charge in [-0.1, -0.05) is 6.92 Å². The minimum absolute atomic E-state index is 0.0300. The van der Waals surface area contributed by atoms with Crippen LogP contribution < -0.4 is 0 Å². The molecule has 5 unspecified atom stereocenters. The van der Waals surface area contributed by atoms with Crippen LogP contribution in [-0.2, 0) is 14.2 Å². The summed E-state index contributed by atoms with van der Waals surface area (Å²) in [4.78, 5) is 2.40. The van der Waals surface area contributed by atoms with Gasteiger partial charge in [0, 0.05) is 63.5 Å². The summed E-state index contributed by atoms with van der Waals surface area (Å²) in [6.45, 7) is 3.62. The van der Waals surface area contributed by atoms with Crippen LogP contribution in [0.15, 0.2) is 0 Å². The van der Waals surface area contributed by atoms with Gasteiger partial charge in [-0.2, -0.15) is 0 Å². The molecule has 0 radical (unpaired) electrons. The fourth-order valence-corrected chi connectivity index (χ4v) is 10.3. The Bertz CT molecular complexity index is 751. The molecule has 7 nitrogen and oxygen atoms in total. The van der Waals surface area contributed by atoms with Crippen molar-refractivity contribution in [3.05, 3.63) is 0 Å². The van der Waals surface area contributed by atoms with Crippen molar-refractivity contribution in [2.45, 2.75) is 80.2 Å². The highest BCUT2D eigenvalue weighted by Gasteiger charge is 2.88. The number of hydrogen-bond acceptors (Lipinski definition) is 7. The Morgan fingerprint density at radius 1 is 1.00 bits per heavy atom. The van der Waals surface area contributed by atoms with E-state index in [1.54, 1.807) is 21.3 Å². The zero-order valence-corrected chi connectivity index (χ0v) is 18.6. The van der Waals surface area contributed by atoms with Gasteiger partial charge < -0.3 is 29.5 Å². The zero-order valence-electron chi connectivity index (χ0n) is 18.6. The standard InChI is InChI=1S/C23H37NO6/c1-5-24-11-20(25)7-6-17(29-3)22-15(20)9-13(18(22)24)21(26)10-14(28-2)12-8-16(22)23(21,27)19(12)30-4/h12-19,25-27H,5-11H2,1-4H3/t12?,13?,14?,15-,16+,17?,18-,19?,20-,21+,22-,23+/m1/s1. The van der Waals surface area contributed by atoms with Crippen LogP contribution in [0, 0.1) is 29.1 Å². The topological polar surface area (TPSA) is 91.6 Å². The first-order chi connectivity index (χ1) is 14.3. The van der Waals surface area contributed by atoms with Crippen LogP contribution in [0.1, 0.15) is 39.0 Å². The maximum atomic E-state index is 12.4. The van der Waals surface area contributed by atoms with Gasteiger partial charge in [0.1, 0.15) is 11.2 Å². The molecule has 6 fully saturated rings. The molecule has 0 aromatic carbocycles. The van der Waals surface area contributed by atoms with Gasteiger partial charge in [0.25, 0.3) is 0 Å². The summed E-state index contributed by atoms with van der Waals surface area (Å²) in [6, 6.07) is 0.0974. The second-order valence-corrected chi connectivity index (χ2v) is 11.1. The summed E-state index contributed by atoms with van der Waals surface area (Å²) < 4.78 is 18.0. The Hall–Kier alpha value is -0.280. The fraction of sp³-hybridized carbons (Fsp3) is 1.00. The number of likely N-dealkylation sites (tertiary alicyclic amines) is 1. The molecule has 5 aliphatic carbocycles. The van der Waals surface area contributed by atoms with Gasteiger partial charge in [-0.15, -0.1) is 0 Å². The molecule has 1 saturated heterocycles. The summed E-state index contributed by atoms with van der Waals surface area (Å²) in [6.07, 6.45) is 2.77. The van der Waals surface area contributed by atoms with E-state index in [1.165, 1.54) is 0 Å². The second-order valence-electron chi connectivity index (χ2n) is 11.1. The van der Waals surface area contributed by atoms with E-state index in [0.717, 1.165) is 32.2 Å². The van der Waals surface area contributed by atoms with Crippen molar-refractivity contribution in [3.63, 3.8) is 0 Å². The summed E-state index contributed by atoms with van der Waals surface area (Å²) in [5.41, 5.74) is -3.81. The van der Waals surface area contributed by atoms with Crippen LogP contribution in [0.25, 0.3) is 0 Å². The first kappa shape index (κ1) is 20.3. The number of methoxy groups -OCH3 is 3. The highest BCUT2D eigenvalue weighted by molar-refractivity contribution is 5.38. The number of aliphatic hydroxyl groups is 3. The lowest BCUT2D eigenvalue weighted by Gasteiger charge is -2.70. The van der Waals surface area contributed by atoms with Crippen molar-refractivity contribution in [2.24, 2.45) is 29.1 Å². The molecule has 0 amide bonds. The number of nitrogens with zero attached hydrogens (tertiary/aromatic N) is 1. The molecule has 1 spiro atoms. The van der Waals surface area contributed by atoms with Gasteiger partial charge in [-0.25, -0.2) is 0 Å². The van der Waals surface area contributed by atoms with Crippen LogP contribution in [0.3, 0.4) is 0 Å². The van der Waals surface area contributed by atoms with Crippen molar-refractivity contribution >= 4 is 0 Å². The lowest BCUT2D eigenvalue weighted by Crippen LogP contribution is -2.83. The molecule has 6 aliphatic rings. The first-order valence-electron chi connectivity index (χ1n) is 11.8. The zero-order chi connectivity index (χ0) is 21.3. The van der Waals surface area contributed by atoms with Crippen LogP contribution in [-0.4, -0.2) is 95.8 Å². The van der Waals surface area contributed by atoms with Crippen molar-refractivity contribution in [1.82, 2.24) is 4.90 Å². The predicted octanol–water partition coefficient (Wildman–Crippen LogP) is 0.399. The van der Waals surface area contributed by atoms with Gasteiger partial charge in [0.2, 0.25) is 0 Å². The molecule has 0 aromatic rings. The highest BCUT2D eigenvalue weighted by Crippen LogP contribution is 2.78. The molecule has 1 heterocycles. The molecule has 5 saturated carbocycles. The highest BCUT2D eigenvalue weighted by atomic mass is 16.5. The average Bonchev–Trinajstić information content (AvgIpc) is 3.16. The minimum Gasteiger partial charge on any atom is -0.388 e. The number of rotatable bonds is 4. The maximum absolute atomic E-state index is 12.4. The Labute approximate surface area is 178 Å². The van der Waals surface area contributed by atoms with Crippen molar-refractivity contribution < 1.29 is 29.5 Å². The Balaban J connectivity index is 1.63. The summed E-state index contributed by atoms with van der Waals surface area (Å²) in [7, 11) is 5.13. The minimum atomic E-state index is -1.34. The molecule has 30 heavy (non-hydrogen) atoms. The van der Waals surface area contributed by atoms with Gasteiger partial charge >= 0.3 is 0 Å². The Kier molecular flexibility index (Phi) is 4.06. The Morgan fingerprint density at radius 2 is 1.77 bits per heavy atom. The van der Waals surface area contributed by atoms with Crippen LogP contribution >= 0.6 is 0 Å². The van der Waals surface area contributed by atoms with E-state index in [9.17, 15) is 15.3 Å². The predicted molar refractivity (Wildman–Crippen MR) is 108 cm³/mol. The molecule has 6 rings (SSSR count). The lowest BCUT2D eigenvalue weighted by atomic mass is 9.44. The number of fused-ring (bicyclic) bond motifs is 2. The van der Waals surface area contributed by atoms with Crippen LogP contribution in [0.5, 0.6) is 0 Å². The molecule has 7 bridgehead atoms. The molecule has 7 heteroatoms. The number of piperidine rings is 1. The molecular weight excluding hydrogens is 386 g/mol. The molecule has 1 aliphatic heterocycles. The fourth-order valence-electron chi connectivity index (χ4n) is 10.3. The van der Waals surface area contributed by atoms with E-state index in [4.69, 9.17) is 14.2 Å². The van der Waals surface area contributed by atoms with E-state index in [1.807, 2.05) is 0 Å². The monoisotopic (exact) mass is 423 g/mol. The van der Waals surface area contributed by atoms with Crippen LogP contribution in [0.4, 0.5) is 0 Å². The second kappa shape index (κ2) is 5.99. The van der Waals surface area contributed by atoms with E-state index in [-0.39, 0.29) is 47.3 Å². The van der Waals surface area contributed by atoms with Gasteiger partial charge in [0.05, 0.1) is 23.9 Å². The van der Waals surface area contributed by atoms with Gasteiger partial charge in [-0.05, 0) is 38.1 Å². The normalized spacial score (nSPS) is 63.3. The third-order valence-corrected chi connectivity index (χ3v) is 10.9. The third kappa shape index (κ3) is 1.80. The molecule has 170 valence electrons. The number of β-amino-alcohol motifs (C(OH)–C–C–N with tert-alkyl or cyclic N) is 1. The van der Waals surface area contributed by atoms with Gasteiger partial charge in [0.15, 0.2) is 0 Å². The molecule has 0 aromatic heterocycles. The average molecular weight is 424 g/mol. The molecule has 12 atom stereocenters. The SMILES string of the molecule is CCN1C[C@]2(O)CCC(OC)[C@]34[C@@H]2CC([C@@H]13)[C@@]1(O)CC(OC)C2C[C@@H]4[C@]1(O)C2OC. The molecule has 3 N–H and O–H groups in total. The van der Waals surface area contributed by atoms with Crippen molar-refractivity contribution in [2.75, 3.05) is 34.4 Å². The number of hydrogen-bond donors (Lipinski definition) is 3. The molecular formula is C23H37NO6. The number of ether oxygens (including phenoxy) is 3. The van der Waals surface area contributed by atoms with E-state index < -0.39 is 22.9 Å². The lowest BCUT2D eigenvalue weighted by molar-refractivity contribution is -0.338. The van der Waals surface area contributed by atoms with Gasteiger partial charge in [-0.3, -0.25) is 4.90 Å². The van der Waals surface area contributed by atoms with Crippen molar-refractivity contribution in [3.8, 4) is 0 Å². The summed E-state index contributed by atoms with van der Waals surface area (Å²) in [5, 5.41) is 36.8. The number of likely N-dealkylation sites (N-methyl/N-ethyl adjacent to an activating group) is 1. The van der Waals surface area contributed by atoms with Crippen LogP contribution in [0.2, 0.25) is 0 Å². The third-order valence-electron chi connectivity index (χ3n) is 10.9. The maximum Gasteiger partial charge on any atom is 0.124 e. The van der Waals surface area contributed by atoms with E-state index >= 15 is 0 Å². The van der Waals surface area contributed by atoms with E-state index in [0.29, 0.717) is 13.0 Å². The first-order valence-corrected chi connectivity index (χ1v) is 11.8. The largest absolute Gasteiger partial charge is 0.388 e.